The van der Waals surface area contributed by atoms with Crippen LogP contribution in [0.4, 0.5) is 0 Å². The van der Waals surface area contributed by atoms with Gasteiger partial charge in [-0.2, -0.15) is 5.26 Å². The maximum atomic E-state index is 9.14. The van der Waals surface area contributed by atoms with E-state index in [1.807, 2.05) is 18.2 Å². The zero-order valence-corrected chi connectivity index (χ0v) is 21.4. The molecule has 4 nitrogen and oxygen atoms in total. The average Bonchev–Trinajstić information content (AvgIpc) is 3.57. The van der Waals surface area contributed by atoms with Crippen LogP contribution >= 0.6 is 0 Å². The fraction of sp³-hybridized carbons (Fsp3) is 0. The third kappa shape index (κ3) is 3.28. The first-order chi connectivity index (χ1) is 19.8. The summed E-state index contributed by atoms with van der Waals surface area (Å²) in [6.45, 7) is 0. The first-order valence-electron chi connectivity index (χ1n) is 13.2. The van der Waals surface area contributed by atoms with E-state index in [4.69, 9.17) is 9.68 Å². The summed E-state index contributed by atoms with van der Waals surface area (Å²) < 4.78 is 8.63. The highest BCUT2D eigenvalue weighted by molar-refractivity contribution is 6.27. The lowest BCUT2D eigenvalue weighted by molar-refractivity contribution is 0.669. The van der Waals surface area contributed by atoms with E-state index in [0.717, 1.165) is 60.9 Å². The summed E-state index contributed by atoms with van der Waals surface area (Å²) in [6.07, 6.45) is 1.76. The third-order valence-electron chi connectivity index (χ3n) is 7.71. The van der Waals surface area contributed by atoms with Crippen molar-refractivity contribution >= 4 is 43.7 Å². The van der Waals surface area contributed by atoms with Crippen LogP contribution in [-0.4, -0.2) is 9.55 Å². The third-order valence-corrected chi connectivity index (χ3v) is 7.71. The van der Waals surface area contributed by atoms with Crippen molar-refractivity contribution in [2.75, 3.05) is 0 Å². The van der Waals surface area contributed by atoms with Gasteiger partial charge in [0.15, 0.2) is 0 Å². The molecule has 0 unspecified atom stereocenters. The minimum atomic E-state index is 0.413. The molecular formula is C36H21N3O. The van der Waals surface area contributed by atoms with Crippen molar-refractivity contribution in [3.05, 3.63) is 133 Å². The Labute approximate surface area is 230 Å². The molecule has 0 aliphatic carbocycles. The molecule has 0 atom stereocenters. The highest BCUT2D eigenvalue weighted by atomic mass is 16.3. The molecule has 0 bridgehead atoms. The lowest BCUT2D eigenvalue weighted by atomic mass is 9.98. The van der Waals surface area contributed by atoms with Gasteiger partial charge in [0, 0.05) is 38.9 Å². The molecule has 0 spiro atoms. The van der Waals surface area contributed by atoms with Crippen molar-refractivity contribution in [3.63, 3.8) is 0 Å². The molecule has 3 aromatic heterocycles. The highest BCUT2D eigenvalue weighted by Crippen LogP contribution is 2.42. The number of nitriles is 1. The van der Waals surface area contributed by atoms with Crippen molar-refractivity contribution in [1.82, 2.24) is 9.55 Å². The number of benzene rings is 5. The van der Waals surface area contributed by atoms with Gasteiger partial charge >= 0.3 is 0 Å². The van der Waals surface area contributed by atoms with Crippen molar-refractivity contribution < 1.29 is 4.42 Å². The van der Waals surface area contributed by atoms with Crippen LogP contribution in [0.25, 0.3) is 71.7 Å². The summed E-state index contributed by atoms with van der Waals surface area (Å²) in [5.74, 6) is 0. The lowest BCUT2D eigenvalue weighted by Crippen LogP contribution is -1.97. The van der Waals surface area contributed by atoms with Crippen LogP contribution in [0.1, 0.15) is 5.69 Å². The Morgan fingerprint density at radius 1 is 0.600 bits per heavy atom. The van der Waals surface area contributed by atoms with Crippen molar-refractivity contribution in [2.45, 2.75) is 0 Å². The van der Waals surface area contributed by atoms with E-state index in [2.05, 4.69) is 113 Å². The molecule has 0 amide bonds. The Balaban J connectivity index is 1.40. The number of para-hydroxylation sites is 3. The van der Waals surface area contributed by atoms with Crippen molar-refractivity contribution in [2.24, 2.45) is 0 Å². The molecule has 0 aliphatic heterocycles. The first-order valence-corrected chi connectivity index (χ1v) is 13.2. The van der Waals surface area contributed by atoms with E-state index in [9.17, 15) is 0 Å². The summed E-state index contributed by atoms with van der Waals surface area (Å²) in [5.41, 5.74) is 9.87. The van der Waals surface area contributed by atoms with Crippen LogP contribution in [0.15, 0.2) is 132 Å². The molecule has 3 heterocycles. The van der Waals surface area contributed by atoms with E-state index in [1.54, 1.807) is 12.3 Å². The van der Waals surface area contributed by atoms with Crippen molar-refractivity contribution in [3.8, 4) is 34.0 Å². The van der Waals surface area contributed by atoms with Gasteiger partial charge in [-0.1, -0.05) is 72.8 Å². The second-order valence-electron chi connectivity index (χ2n) is 9.93. The van der Waals surface area contributed by atoms with Crippen LogP contribution in [0.3, 0.4) is 0 Å². The molecule has 8 rings (SSSR count). The van der Waals surface area contributed by atoms with Crippen molar-refractivity contribution in [1.29, 1.82) is 5.26 Å². The largest absolute Gasteiger partial charge is 0.456 e. The maximum absolute atomic E-state index is 9.14. The zero-order valence-electron chi connectivity index (χ0n) is 21.4. The fourth-order valence-corrected chi connectivity index (χ4v) is 5.94. The van der Waals surface area contributed by atoms with Gasteiger partial charge in [0.25, 0.3) is 0 Å². The summed E-state index contributed by atoms with van der Waals surface area (Å²) in [7, 11) is 0. The van der Waals surface area contributed by atoms with Gasteiger partial charge in [-0.25, -0.2) is 4.98 Å². The van der Waals surface area contributed by atoms with Gasteiger partial charge < -0.3 is 8.98 Å². The number of hydrogen-bond donors (Lipinski definition) is 0. The molecule has 0 aliphatic rings. The minimum absolute atomic E-state index is 0.413. The predicted octanol–water partition coefficient (Wildman–Crippen LogP) is 9.28. The van der Waals surface area contributed by atoms with Crippen LogP contribution in [0.5, 0.6) is 0 Å². The second-order valence-corrected chi connectivity index (χ2v) is 9.93. The number of aromatic nitrogens is 2. The number of furan rings is 1. The SMILES string of the molecule is N#Cc1ccc(-c2cccc(-c3ccccc3-n3c4ccccc4c4c5c(ccc43)oc3ccccc35)c2)cn1. The van der Waals surface area contributed by atoms with E-state index in [1.165, 1.54) is 10.8 Å². The molecule has 0 saturated heterocycles. The number of fused-ring (bicyclic) bond motifs is 7. The van der Waals surface area contributed by atoms with E-state index in [-0.39, 0.29) is 0 Å². The van der Waals surface area contributed by atoms with Gasteiger partial charge in [0.1, 0.15) is 22.9 Å². The van der Waals surface area contributed by atoms with Gasteiger partial charge in [0.2, 0.25) is 0 Å². The van der Waals surface area contributed by atoms with Crippen LogP contribution in [0.2, 0.25) is 0 Å². The van der Waals surface area contributed by atoms with E-state index in [0.29, 0.717) is 5.69 Å². The molecule has 40 heavy (non-hydrogen) atoms. The Hall–Kier alpha value is -5.66. The summed E-state index contributed by atoms with van der Waals surface area (Å²) >= 11 is 0. The van der Waals surface area contributed by atoms with Gasteiger partial charge in [-0.05, 0) is 59.7 Å². The van der Waals surface area contributed by atoms with E-state index >= 15 is 0 Å². The zero-order chi connectivity index (χ0) is 26.6. The molecule has 0 fully saturated rings. The fourth-order valence-electron chi connectivity index (χ4n) is 5.94. The molecule has 0 radical (unpaired) electrons. The molecule has 186 valence electrons. The molecular weight excluding hydrogens is 490 g/mol. The highest BCUT2D eigenvalue weighted by Gasteiger charge is 2.20. The monoisotopic (exact) mass is 511 g/mol. The summed E-state index contributed by atoms with van der Waals surface area (Å²) in [5, 5.41) is 13.8. The molecule has 0 saturated carbocycles. The predicted molar refractivity (Wildman–Crippen MR) is 161 cm³/mol. The molecule has 4 heteroatoms. The summed E-state index contributed by atoms with van der Waals surface area (Å²) in [4.78, 5) is 4.27. The summed E-state index contributed by atoms with van der Waals surface area (Å²) in [6, 6.07) is 44.0. The van der Waals surface area contributed by atoms with Crippen LogP contribution in [-0.2, 0) is 0 Å². The minimum Gasteiger partial charge on any atom is -0.456 e. The second kappa shape index (κ2) is 8.69. The van der Waals surface area contributed by atoms with Crippen LogP contribution < -0.4 is 0 Å². The number of rotatable bonds is 3. The van der Waals surface area contributed by atoms with E-state index < -0.39 is 0 Å². The Morgan fingerprint density at radius 2 is 1.40 bits per heavy atom. The number of pyridine rings is 1. The number of hydrogen-bond acceptors (Lipinski definition) is 3. The smallest absolute Gasteiger partial charge is 0.140 e. The Bertz CT molecular complexity index is 2280. The molecule has 5 aromatic carbocycles. The quantitative estimate of drug-likeness (QED) is 0.237. The average molecular weight is 512 g/mol. The lowest BCUT2D eigenvalue weighted by Gasteiger charge is -2.15. The van der Waals surface area contributed by atoms with Crippen LogP contribution in [0, 0.1) is 11.3 Å². The van der Waals surface area contributed by atoms with Gasteiger partial charge in [0.05, 0.1) is 16.7 Å². The van der Waals surface area contributed by atoms with Gasteiger partial charge in [-0.15, -0.1) is 0 Å². The van der Waals surface area contributed by atoms with Gasteiger partial charge in [-0.3, -0.25) is 0 Å². The first kappa shape index (κ1) is 22.3. The number of nitrogens with zero attached hydrogens (tertiary/aromatic N) is 3. The molecule has 0 N–H and O–H groups in total. The topological polar surface area (TPSA) is 54.8 Å². The Kier molecular flexibility index (Phi) is 4.85. The Morgan fingerprint density at radius 3 is 2.27 bits per heavy atom. The normalized spacial score (nSPS) is 11.5. The molecule has 8 aromatic rings. The standard InChI is InChI=1S/C36H21N3O/c37-21-26-17-16-25(22-38-26)23-8-7-9-24(20-23)27-10-1-4-13-30(27)39-31-14-5-2-11-28(31)35-32(39)18-19-34-36(35)29-12-3-6-15-33(29)40-34/h1-20,22H. The maximum Gasteiger partial charge on any atom is 0.140 e.